The normalized spacial score (nSPS) is 14.1. The minimum absolute atomic E-state index is 0.0445. The van der Waals surface area contributed by atoms with Gasteiger partial charge in [0.25, 0.3) is 5.69 Å². The van der Waals surface area contributed by atoms with Crippen LogP contribution >= 0.6 is 0 Å². The van der Waals surface area contributed by atoms with Crippen molar-refractivity contribution in [3.8, 4) is 0 Å². The number of carbonyl (C=O) groups excluding carboxylic acids is 1. The Morgan fingerprint density at radius 3 is 2.21 bits per heavy atom. The fraction of sp³-hybridized carbons (Fsp3) is 0.462. The second-order valence-electron chi connectivity index (χ2n) is 4.70. The van der Waals surface area contributed by atoms with E-state index in [0.29, 0.717) is 5.56 Å². The van der Waals surface area contributed by atoms with E-state index < -0.39 is 15.7 Å². The van der Waals surface area contributed by atoms with Gasteiger partial charge in [-0.3, -0.25) is 19.1 Å². The molecule has 0 aliphatic rings. The van der Waals surface area contributed by atoms with Gasteiger partial charge in [0.15, 0.2) is 5.78 Å². The number of nitro benzene ring substituents is 1. The number of ketones is 1. The summed E-state index contributed by atoms with van der Waals surface area (Å²) in [5.41, 5.74) is 0.295. The summed E-state index contributed by atoms with van der Waals surface area (Å²) < 4.78 is 11.9. The zero-order valence-electron chi connectivity index (χ0n) is 11.2. The first kappa shape index (κ1) is 15.5. The average Bonchev–Trinajstić information content (AvgIpc) is 2.37. The molecule has 104 valence electrons. The van der Waals surface area contributed by atoms with Crippen LogP contribution in [-0.4, -0.2) is 25.9 Å². The summed E-state index contributed by atoms with van der Waals surface area (Å²) in [5, 5.41) is 10.4. The number of nitro groups is 1. The molecule has 0 aliphatic heterocycles. The maximum Gasteiger partial charge on any atom is 0.269 e. The predicted octanol–water partition coefficient (Wildman–Crippen LogP) is 2.57. The van der Waals surface area contributed by atoms with Gasteiger partial charge in [-0.05, 0) is 18.1 Å². The number of hydrogen-bond acceptors (Lipinski definition) is 4. The highest BCUT2D eigenvalue weighted by atomic mass is 32.2. The van der Waals surface area contributed by atoms with Crippen LogP contribution in [0.4, 0.5) is 5.69 Å². The van der Waals surface area contributed by atoms with Crippen molar-refractivity contribution >= 4 is 22.3 Å². The van der Waals surface area contributed by atoms with E-state index >= 15 is 0 Å². The van der Waals surface area contributed by atoms with E-state index in [1.54, 1.807) is 0 Å². The highest BCUT2D eigenvalue weighted by Gasteiger charge is 2.19. The van der Waals surface area contributed by atoms with E-state index in [9.17, 15) is 19.1 Å². The molecule has 6 heteroatoms. The van der Waals surface area contributed by atoms with Crippen LogP contribution in [0.25, 0.3) is 0 Å². The van der Waals surface area contributed by atoms with Crippen LogP contribution in [0.15, 0.2) is 24.3 Å². The monoisotopic (exact) mass is 283 g/mol. The molecule has 0 aromatic heterocycles. The van der Waals surface area contributed by atoms with Crippen molar-refractivity contribution in [2.75, 3.05) is 5.75 Å². The summed E-state index contributed by atoms with van der Waals surface area (Å²) in [5.74, 6) is -0.0526. The van der Waals surface area contributed by atoms with Gasteiger partial charge >= 0.3 is 0 Å². The second kappa shape index (κ2) is 6.56. The van der Waals surface area contributed by atoms with E-state index in [1.807, 2.05) is 20.8 Å². The fourth-order valence-corrected chi connectivity index (χ4v) is 2.71. The molecule has 0 N–H and O–H groups in total. The van der Waals surface area contributed by atoms with Gasteiger partial charge in [0.05, 0.1) is 10.7 Å². The lowest BCUT2D eigenvalue weighted by Crippen LogP contribution is -2.24. The van der Waals surface area contributed by atoms with Crippen molar-refractivity contribution < 1.29 is 13.9 Å². The van der Waals surface area contributed by atoms with Gasteiger partial charge in [-0.1, -0.05) is 20.8 Å². The van der Waals surface area contributed by atoms with Gasteiger partial charge in [-0.25, -0.2) is 0 Å². The van der Waals surface area contributed by atoms with E-state index in [0.717, 1.165) is 0 Å². The molecule has 1 rings (SSSR count). The lowest BCUT2D eigenvalue weighted by molar-refractivity contribution is -0.384. The molecule has 19 heavy (non-hydrogen) atoms. The van der Waals surface area contributed by atoms with E-state index in [4.69, 9.17) is 0 Å². The number of hydrogen-bond donors (Lipinski definition) is 0. The van der Waals surface area contributed by atoms with E-state index in [1.165, 1.54) is 24.3 Å². The first-order valence-corrected chi connectivity index (χ1v) is 7.36. The lowest BCUT2D eigenvalue weighted by atomic mass is 10.1. The molecule has 2 atom stereocenters. The van der Waals surface area contributed by atoms with Crippen LogP contribution in [-0.2, 0) is 10.8 Å². The maximum absolute atomic E-state index is 11.9. The molecule has 1 aromatic carbocycles. The summed E-state index contributed by atoms with van der Waals surface area (Å²) in [7, 11) is -1.22. The first-order chi connectivity index (χ1) is 8.82. The van der Waals surface area contributed by atoms with Crippen LogP contribution in [0.2, 0.25) is 0 Å². The van der Waals surface area contributed by atoms with Crippen molar-refractivity contribution in [3.63, 3.8) is 0 Å². The Labute approximate surface area is 114 Å². The van der Waals surface area contributed by atoms with Gasteiger partial charge in [-0.2, -0.15) is 0 Å². The molecule has 2 unspecified atom stereocenters. The molecule has 0 bridgehead atoms. The molecule has 5 nitrogen and oxygen atoms in total. The van der Waals surface area contributed by atoms with Crippen LogP contribution < -0.4 is 0 Å². The molecule has 0 saturated heterocycles. The second-order valence-corrected chi connectivity index (χ2v) is 6.50. The van der Waals surface area contributed by atoms with Crippen molar-refractivity contribution in [2.24, 2.45) is 5.92 Å². The zero-order chi connectivity index (χ0) is 14.6. The smallest absolute Gasteiger partial charge is 0.269 e. The highest BCUT2D eigenvalue weighted by Crippen LogP contribution is 2.14. The standard InChI is InChI=1S/C13H17NO4S/c1-9(2)10(3)19(18)8-13(15)11-4-6-12(7-5-11)14(16)17/h4-7,9-10H,8H2,1-3H3. The van der Waals surface area contributed by atoms with Crippen molar-refractivity contribution in [1.82, 2.24) is 0 Å². The first-order valence-electron chi connectivity index (χ1n) is 5.97. The Balaban J connectivity index is 2.73. The van der Waals surface area contributed by atoms with Gasteiger partial charge in [0, 0.05) is 33.7 Å². The molecule has 0 amide bonds. The number of rotatable bonds is 6. The summed E-state index contributed by atoms with van der Waals surface area (Å²) in [6.07, 6.45) is 0. The van der Waals surface area contributed by atoms with Crippen molar-refractivity contribution in [1.29, 1.82) is 0 Å². The van der Waals surface area contributed by atoms with Crippen molar-refractivity contribution in [2.45, 2.75) is 26.0 Å². The third kappa shape index (κ3) is 4.24. The Morgan fingerprint density at radius 2 is 1.79 bits per heavy atom. The van der Waals surface area contributed by atoms with Crippen LogP contribution in [0.5, 0.6) is 0 Å². The quantitative estimate of drug-likeness (QED) is 0.456. The summed E-state index contributed by atoms with van der Waals surface area (Å²) in [6.45, 7) is 5.77. The van der Waals surface area contributed by atoms with Gasteiger partial charge in [0.2, 0.25) is 0 Å². The topological polar surface area (TPSA) is 77.3 Å². The highest BCUT2D eigenvalue weighted by molar-refractivity contribution is 7.86. The number of benzene rings is 1. The predicted molar refractivity (Wildman–Crippen MR) is 74.7 cm³/mol. The molecular formula is C13H17NO4S. The SMILES string of the molecule is CC(C)C(C)S(=O)CC(=O)c1ccc([N+](=O)[O-])cc1. The fourth-order valence-electron chi connectivity index (χ4n) is 1.42. The summed E-state index contributed by atoms with van der Waals surface area (Å²) in [4.78, 5) is 21.9. The Bertz CT molecular complexity index is 496. The molecule has 0 fully saturated rings. The molecular weight excluding hydrogens is 266 g/mol. The minimum Gasteiger partial charge on any atom is -0.293 e. The zero-order valence-corrected chi connectivity index (χ0v) is 12.0. The number of carbonyl (C=O) groups is 1. The van der Waals surface area contributed by atoms with Gasteiger partial charge in [-0.15, -0.1) is 0 Å². The van der Waals surface area contributed by atoms with E-state index in [-0.39, 0.29) is 28.4 Å². The number of Topliss-reactive ketones (excluding diaryl/α,β-unsaturated/α-hetero) is 1. The van der Waals surface area contributed by atoms with E-state index in [2.05, 4.69) is 0 Å². The summed E-state index contributed by atoms with van der Waals surface area (Å²) in [6, 6.07) is 5.36. The Kier molecular flexibility index (Phi) is 5.35. The summed E-state index contributed by atoms with van der Waals surface area (Å²) >= 11 is 0. The number of non-ortho nitro benzene ring substituents is 1. The third-order valence-corrected chi connectivity index (χ3v) is 4.95. The molecule has 0 spiro atoms. The van der Waals surface area contributed by atoms with Gasteiger partial charge in [0.1, 0.15) is 0 Å². The van der Waals surface area contributed by atoms with Crippen molar-refractivity contribution in [3.05, 3.63) is 39.9 Å². The number of nitrogens with zero attached hydrogens (tertiary/aromatic N) is 1. The van der Waals surface area contributed by atoms with Crippen LogP contribution in [0, 0.1) is 16.0 Å². The molecule has 0 saturated carbocycles. The maximum atomic E-state index is 11.9. The van der Waals surface area contributed by atoms with Gasteiger partial charge < -0.3 is 0 Å². The minimum atomic E-state index is -1.22. The average molecular weight is 283 g/mol. The van der Waals surface area contributed by atoms with Crippen LogP contribution in [0.3, 0.4) is 0 Å². The van der Waals surface area contributed by atoms with Crippen LogP contribution in [0.1, 0.15) is 31.1 Å². The third-order valence-electron chi connectivity index (χ3n) is 3.03. The molecule has 0 aliphatic carbocycles. The lowest BCUT2D eigenvalue weighted by Gasteiger charge is -2.14. The molecule has 1 aromatic rings. The Morgan fingerprint density at radius 1 is 1.26 bits per heavy atom. The largest absolute Gasteiger partial charge is 0.293 e. The molecule has 0 radical (unpaired) electrons. The Hall–Kier alpha value is -1.56. The molecule has 0 heterocycles.